The van der Waals surface area contributed by atoms with Crippen molar-refractivity contribution in [1.82, 2.24) is 10.3 Å². The van der Waals surface area contributed by atoms with Gasteiger partial charge in [-0.25, -0.2) is 14.2 Å². The zero-order valence-electron chi connectivity index (χ0n) is 16.9. The molecule has 2 fully saturated rings. The molecule has 2 aromatic rings. The van der Waals surface area contributed by atoms with Crippen LogP contribution in [-0.4, -0.2) is 55.3 Å². The van der Waals surface area contributed by atoms with Crippen LogP contribution >= 0.6 is 11.3 Å². The number of morpholine rings is 1. The van der Waals surface area contributed by atoms with Gasteiger partial charge in [0.1, 0.15) is 5.82 Å². The summed E-state index contributed by atoms with van der Waals surface area (Å²) in [5, 5.41) is 7.76. The minimum absolute atomic E-state index is 0.0298. The van der Waals surface area contributed by atoms with E-state index in [4.69, 9.17) is 4.74 Å². The quantitative estimate of drug-likeness (QED) is 0.757. The number of halogens is 1. The summed E-state index contributed by atoms with van der Waals surface area (Å²) >= 11 is 1.32. The van der Waals surface area contributed by atoms with Gasteiger partial charge in [0.05, 0.1) is 30.0 Å². The zero-order valence-corrected chi connectivity index (χ0v) is 17.7. The highest BCUT2D eigenvalue weighted by atomic mass is 32.1. The van der Waals surface area contributed by atoms with Gasteiger partial charge < -0.3 is 20.3 Å². The van der Waals surface area contributed by atoms with Crippen LogP contribution < -0.4 is 20.4 Å². The summed E-state index contributed by atoms with van der Waals surface area (Å²) in [6.45, 7) is 6.31. The van der Waals surface area contributed by atoms with Crippen molar-refractivity contribution >= 4 is 39.8 Å². The standard InChI is InChI=1S/C20H24FN5O3S/c1-12-9-25(10-13(2)29-12)17-4-3-14(7-16(17)21)23-18(27)8-15-11-30-20(24-15)26-6-5-22-19(26)28/h3-4,7,11-13H,5-6,8-10H2,1-2H3,(H,22,28)(H,23,27). The maximum absolute atomic E-state index is 14.7. The number of thiazole rings is 1. The van der Waals surface area contributed by atoms with Crippen molar-refractivity contribution in [3.63, 3.8) is 0 Å². The van der Waals surface area contributed by atoms with Crippen LogP contribution in [0.5, 0.6) is 0 Å². The lowest BCUT2D eigenvalue weighted by Crippen LogP contribution is -2.45. The molecule has 2 saturated heterocycles. The number of ether oxygens (including phenoxy) is 1. The van der Waals surface area contributed by atoms with Gasteiger partial charge in [-0.3, -0.25) is 9.69 Å². The van der Waals surface area contributed by atoms with Crippen LogP contribution in [0.2, 0.25) is 0 Å². The Hall–Kier alpha value is -2.72. The van der Waals surface area contributed by atoms with Crippen LogP contribution in [0.1, 0.15) is 19.5 Å². The van der Waals surface area contributed by atoms with Crippen LogP contribution in [-0.2, 0) is 16.0 Å². The van der Waals surface area contributed by atoms with E-state index in [1.165, 1.54) is 17.4 Å². The molecule has 0 saturated carbocycles. The Bertz CT molecular complexity index is 942. The Morgan fingerprint density at radius 2 is 2.13 bits per heavy atom. The van der Waals surface area contributed by atoms with Crippen LogP contribution in [0.3, 0.4) is 0 Å². The SMILES string of the molecule is CC1CN(c2ccc(NC(=O)Cc3csc(N4CCNC4=O)n3)cc2F)CC(C)O1. The zero-order chi connectivity index (χ0) is 21.3. The number of hydrogen-bond acceptors (Lipinski definition) is 6. The first-order valence-corrected chi connectivity index (χ1v) is 10.8. The van der Waals surface area contributed by atoms with E-state index in [9.17, 15) is 14.0 Å². The molecule has 8 nitrogen and oxygen atoms in total. The summed E-state index contributed by atoms with van der Waals surface area (Å²) in [4.78, 5) is 32.0. The summed E-state index contributed by atoms with van der Waals surface area (Å²) in [6, 6.07) is 4.53. The Balaban J connectivity index is 1.37. The fourth-order valence-corrected chi connectivity index (χ4v) is 4.59. The smallest absolute Gasteiger partial charge is 0.323 e. The molecule has 0 aliphatic carbocycles. The molecule has 30 heavy (non-hydrogen) atoms. The van der Waals surface area contributed by atoms with Crippen molar-refractivity contribution in [1.29, 1.82) is 0 Å². The van der Waals surface area contributed by atoms with Crippen LogP contribution in [0.4, 0.5) is 25.7 Å². The van der Waals surface area contributed by atoms with Crippen LogP contribution in [0.15, 0.2) is 23.6 Å². The van der Waals surface area contributed by atoms with E-state index in [-0.39, 0.29) is 36.4 Å². The highest BCUT2D eigenvalue weighted by Crippen LogP contribution is 2.26. The van der Waals surface area contributed by atoms with Crippen molar-refractivity contribution in [3.05, 3.63) is 35.1 Å². The van der Waals surface area contributed by atoms with Crippen LogP contribution in [0, 0.1) is 5.82 Å². The van der Waals surface area contributed by atoms with Crippen molar-refractivity contribution in [2.45, 2.75) is 32.5 Å². The molecule has 1 aromatic carbocycles. The second-order valence-electron chi connectivity index (χ2n) is 7.56. The van der Waals surface area contributed by atoms with Gasteiger partial charge in [0.15, 0.2) is 5.13 Å². The van der Waals surface area contributed by atoms with Crippen molar-refractivity contribution in [3.8, 4) is 0 Å². The summed E-state index contributed by atoms with van der Waals surface area (Å²) in [5.41, 5.74) is 1.47. The number of carbonyl (C=O) groups is 2. The van der Waals surface area contributed by atoms with Gasteiger partial charge in [-0.2, -0.15) is 0 Å². The van der Waals surface area contributed by atoms with E-state index < -0.39 is 0 Å². The van der Waals surface area contributed by atoms with Gasteiger partial charge in [0, 0.05) is 37.2 Å². The molecule has 160 valence electrons. The predicted molar refractivity (Wildman–Crippen MR) is 114 cm³/mol. The monoisotopic (exact) mass is 433 g/mol. The number of rotatable bonds is 5. The molecule has 10 heteroatoms. The van der Waals surface area contributed by atoms with E-state index >= 15 is 0 Å². The average Bonchev–Trinajstić information content (AvgIpc) is 3.29. The van der Waals surface area contributed by atoms with E-state index in [0.29, 0.717) is 48.4 Å². The molecule has 3 heterocycles. The average molecular weight is 434 g/mol. The number of anilines is 3. The predicted octanol–water partition coefficient (Wildman–Crippen LogP) is 2.61. The summed E-state index contributed by atoms with van der Waals surface area (Å²) in [7, 11) is 0. The highest BCUT2D eigenvalue weighted by Gasteiger charge is 2.25. The first kappa shape index (κ1) is 20.5. The van der Waals surface area contributed by atoms with Gasteiger partial charge in [0.2, 0.25) is 5.91 Å². The number of hydrogen-bond donors (Lipinski definition) is 2. The maximum Gasteiger partial charge on any atom is 0.323 e. The number of nitrogens with zero attached hydrogens (tertiary/aromatic N) is 3. The largest absolute Gasteiger partial charge is 0.372 e. The molecule has 0 bridgehead atoms. The molecule has 0 spiro atoms. The van der Waals surface area contributed by atoms with Gasteiger partial charge in [-0.1, -0.05) is 0 Å². The van der Waals surface area contributed by atoms with Crippen LogP contribution in [0.25, 0.3) is 0 Å². The summed E-state index contributed by atoms with van der Waals surface area (Å²) < 4.78 is 20.4. The van der Waals surface area contributed by atoms with Crippen molar-refractivity contribution < 1.29 is 18.7 Å². The van der Waals surface area contributed by atoms with E-state index in [1.807, 2.05) is 18.7 Å². The molecule has 4 rings (SSSR count). The lowest BCUT2D eigenvalue weighted by atomic mass is 10.1. The molecule has 2 atom stereocenters. The number of urea groups is 1. The molecule has 0 radical (unpaired) electrons. The summed E-state index contributed by atoms with van der Waals surface area (Å²) in [6.07, 6.45) is 0.109. The minimum atomic E-state index is -0.384. The second-order valence-corrected chi connectivity index (χ2v) is 8.39. The normalized spacial score (nSPS) is 21.6. The molecule has 2 aliphatic heterocycles. The lowest BCUT2D eigenvalue weighted by Gasteiger charge is -2.37. The number of benzene rings is 1. The molecule has 2 N–H and O–H groups in total. The Kier molecular flexibility index (Phi) is 5.87. The molecular formula is C20H24FN5O3S. The molecule has 3 amide bonds. The van der Waals surface area contributed by atoms with Crippen molar-refractivity contribution in [2.24, 2.45) is 0 Å². The third-order valence-electron chi connectivity index (χ3n) is 4.96. The van der Waals surface area contributed by atoms with Gasteiger partial charge in [-0.15, -0.1) is 11.3 Å². The van der Waals surface area contributed by atoms with E-state index in [2.05, 4.69) is 15.6 Å². The molecular weight excluding hydrogens is 409 g/mol. The highest BCUT2D eigenvalue weighted by molar-refractivity contribution is 7.14. The number of aromatic nitrogens is 1. The first-order valence-electron chi connectivity index (χ1n) is 9.88. The third kappa shape index (κ3) is 4.54. The van der Waals surface area contributed by atoms with E-state index in [0.717, 1.165) is 0 Å². The number of amides is 3. The van der Waals surface area contributed by atoms with Gasteiger partial charge in [0.25, 0.3) is 0 Å². The third-order valence-corrected chi connectivity index (χ3v) is 5.87. The van der Waals surface area contributed by atoms with Gasteiger partial charge in [-0.05, 0) is 32.0 Å². The number of nitrogens with one attached hydrogen (secondary N) is 2. The lowest BCUT2D eigenvalue weighted by molar-refractivity contribution is -0.115. The topological polar surface area (TPSA) is 86.8 Å². The Morgan fingerprint density at radius 3 is 2.80 bits per heavy atom. The minimum Gasteiger partial charge on any atom is -0.372 e. The first-order chi connectivity index (χ1) is 14.4. The van der Waals surface area contributed by atoms with Gasteiger partial charge >= 0.3 is 6.03 Å². The van der Waals surface area contributed by atoms with Crippen molar-refractivity contribution in [2.75, 3.05) is 41.3 Å². The molecule has 2 unspecified atom stereocenters. The Labute approximate surface area is 178 Å². The molecule has 1 aromatic heterocycles. The fourth-order valence-electron chi connectivity index (χ4n) is 3.74. The summed E-state index contributed by atoms with van der Waals surface area (Å²) in [5.74, 6) is -0.677. The number of carbonyl (C=O) groups excluding carboxylic acids is 2. The van der Waals surface area contributed by atoms with E-state index in [1.54, 1.807) is 22.4 Å². The fraction of sp³-hybridized carbons (Fsp3) is 0.450. The second kappa shape index (κ2) is 8.57. The Morgan fingerprint density at radius 1 is 1.37 bits per heavy atom. The maximum atomic E-state index is 14.7. The molecule has 2 aliphatic rings.